The van der Waals surface area contributed by atoms with Crippen LogP contribution in [0, 0.1) is 5.82 Å². The molecule has 1 nitrogen and oxygen atoms in total. The van der Waals surface area contributed by atoms with Crippen LogP contribution in [0.1, 0.15) is 15.9 Å². The smallest absolute Gasteiger partial charge is 0.185 e. The zero-order chi connectivity index (χ0) is 13.0. The number of hydrogen-bond donors (Lipinski definition) is 0. The zero-order valence-corrected chi connectivity index (χ0v) is 11.0. The minimum absolute atomic E-state index is 0.141. The van der Waals surface area contributed by atoms with Gasteiger partial charge in [-0.3, -0.25) is 4.79 Å². The van der Waals surface area contributed by atoms with Crippen molar-refractivity contribution in [3.63, 3.8) is 0 Å². The van der Waals surface area contributed by atoms with Crippen LogP contribution < -0.4 is 0 Å². The third-order valence-corrected chi connectivity index (χ3v) is 2.93. The molecule has 0 aliphatic heterocycles. The average Bonchev–Trinajstić information content (AvgIpc) is 2.38. The number of carbonyl (C=O) groups is 1. The van der Waals surface area contributed by atoms with E-state index in [4.69, 9.17) is 0 Å². The molecule has 0 atom stereocenters. The van der Waals surface area contributed by atoms with Crippen LogP contribution in [0.25, 0.3) is 6.08 Å². The van der Waals surface area contributed by atoms with Crippen molar-refractivity contribution in [3.05, 3.63) is 76.0 Å². The summed E-state index contributed by atoms with van der Waals surface area (Å²) < 4.78 is 14.2. The summed E-state index contributed by atoms with van der Waals surface area (Å²) in [6.45, 7) is 0. The maximum atomic E-state index is 13.5. The molecule has 0 aliphatic carbocycles. The van der Waals surface area contributed by atoms with E-state index in [0.29, 0.717) is 15.6 Å². The topological polar surface area (TPSA) is 17.1 Å². The Morgan fingerprint density at radius 1 is 1.11 bits per heavy atom. The molecule has 0 N–H and O–H groups in total. The summed E-state index contributed by atoms with van der Waals surface area (Å²) in [6, 6.07) is 13.6. The third kappa shape index (κ3) is 3.14. The highest BCUT2D eigenvalue weighted by Gasteiger charge is 2.02. The van der Waals surface area contributed by atoms with Crippen molar-refractivity contribution < 1.29 is 9.18 Å². The molecule has 18 heavy (non-hydrogen) atoms. The molecule has 0 heterocycles. The molecule has 0 saturated heterocycles. The summed E-state index contributed by atoms with van der Waals surface area (Å²) in [5.41, 5.74) is 0.980. The Bertz CT molecular complexity index is 591. The lowest BCUT2D eigenvalue weighted by molar-refractivity contribution is 0.104. The predicted octanol–water partition coefficient (Wildman–Crippen LogP) is 4.48. The van der Waals surface area contributed by atoms with Crippen molar-refractivity contribution in [1.29, 1.82) is 0 Å². The van der Waals surface area contributed by atoms with Crippen molar-refractivity contribution in [1.82, 2.24) is 0 Å². The molecule has 0 unspecified atom stereocenters. The van der Waals surface area contributed by atoms with Crippen molar-refractivity contribution in [3.8, 4) is 0 Å². The second-order valence-corrected chi connectivity index (χ2v) is 4.65. The van der Waals surface area contributed by atoms with E-state index in [9.17, 15) is 9.18 Å². The third-order valence-electron chi connectivity index (χ3n) is 2.44. The van der Waals surface area contributed by atoms with Gasteiger partial charge >= 0.3 is 0 Å². The molecule has 0 aliphatic rings. The Hall–Kier alpha value is -1.74. The minimum Gasteiger partial charge on any atom is -0.289 e. The van der Waals surface area contributed by atoms with Crippen LogP contribution in [0.3, 0.4) is 0 Å². The Morgan fingerprint density at radius 2 is 1.83 bits per heavy atom. The molecule has 2 rings (SSSR count). The highest BCUT2D eigenvalue weighted by molar-refractivity contribution is 9.10. The Balaban J connectivity index is 2.19. The van der Waals surface area contributed by atoms with Gasteiger partial charge in [-0.2, -0.15) is 0 Å². The van der Waals surface area contributed by atoms with Crippen molar-refractivity contribution >= 4 is 27.8 Å². The summed E-state index contributed by atoms with van der Waals surface area (Å²) in [5, 5.41) is 0. The van der Waals surface area contributed by atoms with Gasteiger partial charge in [0.15, 0.2) is 5.78 Å². The molecule has 0 fully saturated rings. The van der Waals surface area contributed by atoms with Crippen LogP contribution in [-0.4, -0.2) is 5.78 Å². The van der Waals surface area contributed by atoms with Gasteiger partial charge in [-0.05, 0) is 24.3 Å². The van der Waals surface area contributed by atoms with Gasteiger partial charge in [-0.1, -0.05) is 52.3 Å². The quantitative estimate of drug-likeness (QED) is 0.603. The van der Waals surface area contributed by atoms with E-state index in [-0.39, 0.29) is 11.6 Å². The normalized spacial score (nSPS) is 10.8. The number of halogens is 2. The number of carbonyl (C=O) groups excluding carboxylic acids is 1. The van der Waals surface area contributed by atoms with Crippen LogP contribution in [0.4, 0.5) is 4.39 Å². The zero-order valence-electron chi connectivity index (χ0n) is 9.44. The highest BCUT2D eigenvalue weighted by atomic mass is 79.9. The summed E-state index contributed by atoms with van der Waals surface area (Å²) in [4.78, 5) is 11.8. The molecule has 2 aromatic rings. The summed E-state index contributed by atoms with van der Waals surface area (Å²) in [6.07, 6.45) is 2.86. The SMILES string of the molecule is O=C(C=Cc1ccc(Br)cc1F)c1ccccc1. The first-order valence-corrected chi connectivity index (χ1v) is 6.18. The number of ketones is 1. The summed E-state index contributed by atoms with van der Waals surface area (Å²) in [5.74, 6) is -0.501. The van der Waals surface area contributed by atoms with E-state index in [1.54, 1.807) is 36.4 Å². The Morgan fingerprint density at radius 3 is 2.50 bits per heavy atom. The summed E-state index contributed by atoms with van der Waals surface area (Å²) >= 11 is 3.18. The molecule has 0 amide bonds. The van der Waals surface area contributed by atoms with Crippen molar-refractivity contribution in [2.45, 2.75) is 0 Å². The van der Waals surface area contributed by atoms with Gasteiger partial charge in [0.2, 0.25) is 0 Å². The fourth-order valence-corrected chi connectivity index (χ4v) is 1.83. The van der Waals surface area contributed by atoms with Crippen LogP contribution in [0.5, 0.6) is 0 Å². The monoisotopic (exact) mass is 304 g/mol. The lowest BCUT2D eigenvalue weighted by atomic mass is 10.1. The molecule has 0 saturated carbocycles. The van der Waals surface area contributed by atoms with Crippen LogP contribution in [-0.2, 0) is 0 Å². The fraction of sp³-hybridized carbons (Fsp3) is 0. The lowest BCUT2D eigenvalue weighted by Crippen LogP contribution is -1.93. The standard InChI is InChI=1S/C15H10BrFO/c16-13-8-6-11(14(17)10-13)7-9-15(18)12-4-2-1-3-5-12/h1-10H. The predicted molar refractivity (Wildman–Crippen MR) is 73.9 cm³/mol. The minimum atomic E-state index is -0.360. The molecule has 3 heteroatoms. The van der Waals surface area contributed by atoms with E-state index >= 15 is 0 Å². The van der Waals surface area contributed by atoms with Gasteiger partial charge < -0.3 is 0 Å². The molecular formula is C15H10BrFO. The van der Waals surface area contributed by atoms with E-state index in [1.807, 2.05) is 6.07 Å². The van der Waals surface area contributed by atoms with E-state index in [0.717, 1.165) is 0 Å². The maximum absolute atomic E-state index is 13.5. The number of benzene rings is 2. The van der Waals surface area contributed by atoms with Gasteiger partial charge in [-0.25, -0.2) is 4.39 Å². The molecule has 2 aromatic carbocycles. The van der Waals surface area contributed by atoms with Gasteiger partial charge in [0.1, 0.15) is 5.82 Å². The Kier molecular flexibility index (Phi) is 4.05. The molecular weight excluding hydrogens is 295 g/mol. The first kappa shape index (κ1) is 12.7. The second kappa shape index (κ2) is 5.74. The molecule has 0 bridgehead atoms. The van der Waals surface area contributed by atoms with Gasteiger partial charge in [0.05, 0.1) is 0 Å². The second-order valence-electron chi connectivity index (χ2n) is 3.73. The highest BCUT2D eigenvalue weighted by Crippen LogP contribution is 2.16. The lowest BCUT2D eigenvalue weighted by Gasteiger charge is -1.98. The maximum Gasteiger partial charge on any atom is 0.185 e. The fourth-order valence-electron chi connectivity index (χ4n) is 1.50. The number of allylic oxidation sites excluding steroid dienone is 1. The average molecular weight is 305 g/mol. The molecule has 0 spiro atoms. The summed E-state index contributed by atoms with van der Waals surface area (Å²) in [7, 11) is 0. The number of rotatable bonds is 3. The Labute approximate surface area is 113 Å². The van der Waals surface area contributed by atoms with Crippen molar-refractivity contribution in [2.75, 3.05) is 0 Å². The van der Waals surface area contributed by atoms with Crippen LogP contribution in [0.15, 0.2) is 59.1 Å². The van der Waals surface area contributed by atoms with Crippen LogP contribution in [0.2, 0.25) is 0 Å². The van der Waals surface area contributed by atoms with E-state index in [2.05, 4.69) is 15.9 Å². The van der Waals surface area contributed by atoms with Crippen LogP contribution >= 0.6 is 15.9 Å². The van der Waals surface area contributed by atoms with Gasteiger partial charge in [0, 0.05) is 15.6 Å². The van der Waals surface area contributed by atoms with Gasteiger partial charge in [-0.15, -0.1) is 0 Å². The van der Waals surface area contributed by atoms with Crippen molar-refractivity contribution in [2.24, 2.45) is 0 Å². The first-order valence-electron chi connectivity index (χ1n) is 5.39. The largest absolute Gasteiger partial charge is 0.289 e. The van der Waals surface area contributed by atoms with E-state index < -0.39 is 0 Å². The molecule has 0 radical (unpaired) electrons. The number of hydrogen-bond acceptors (Lipinski definition) is 1. The van der Waals surface area contributed by atoms with Gasteiger partial charge in [0.25, 0.3) is 0 Å². The molecule has 90 valence electrons. The molecule has 0 aromatic heterocycles. The first-order chi connectivity index (χ1) is 8.66. The van der Waals surface area contributed by atoms with E-state index in [1.165, 1.54) is 18.2 Å².